The molecule has 2 N–H and O–H groups in total. The number of hydrogen-bond acceptors (Lipinski definition) is 3. The summed E-state index contributed by atoms with van der Waals surface area (Å²) in [6, 6.07) is 3.50. The Labute approximate surface area is 120 Å². The molecule has 1 saturated heterocycles. The van der Waals surface area contributed by atoms with Crippen LogP contribution in [-0.2, 0) is 11.2 Å². The van der Waals surface area contributed by atoms with Gasteiger partial charge in [0.05, 0.1) is 12.0 Å². The third-order valence-corrected chi connectivity index (χ3v) is 4.42. The molecule has 1 amide bonds. The molecular weight excluding hydrogens is 284 g/mol. The van der Waals surface area contributed by atoms with Crippen LogP contribution in [0.4, 0.5) is 8.78 Å². The number of carbonyl (C=O) groups is 1. The van der Waals surface area contributed by atoms with Crippen LogP contribution in [0.15, 0.2) is 18.2 Å². The van der Waals surface area contributed by atoms with Gasteiger partial charge in [-0.1, -0.05) is 6.07 Å². The first-order valence-corrected chi connectivity index (χ1v) is 7.65. The van der Waals surface area contributed by atoms with E-state index >= 15 is 0 Å². The Morgan fingerprint density at radius 1 is 1.30 bits per heavy atom. The lowest BCUT2D eigenvalue weighted by molar-refractivity contribution is -0.121. The molecule has 0 radical (unpaired) electrons. The van der Waals surface area contributed by atoms with E-state index in [2.05, 4.69) is 5.32 Å². The minimum atomic E-state index is -0.894. The minimum Gasteiger partial charge on any atom is -0.388 e. The fraction of sp³-hybridized carbons (Fsp3) is 0.500. The predicted octanol–water partition coefficient (Wildman–Crippen LogP) is 1.88. The Balaban J connectivity index is 1.89. The smallest absolute Gasteiger partial charge is 0.224 e. The van der Waals surface area contributed by atoms with Crippen LogP contribution >= 0.6 is 11.8 Å². The molecule has 0 spiro atoms. The first-order valence-electron chi connectivity index (χ1n) is 6.50. The SMILES string of the molecule is O=C(Cc1c(F)cccc1F)NCC1(O)CCSCC1. The van der Waals surface area contributed by atoms with Gasteiger partial charge in [-0.25, -0.2) is 8.78 Å². The Kier molecular flexibility index (Phi) is 4.99. The molecule has 20 heavy (non-hydrogen) atoms. The average molecular weight is 301 g/mol. The molecule has 0 bridgehead atoms. The van der Waals surface area contributed by atoms with Gasteiger partial charge in [0.2, 0.25) is 5.91 Å². The van der Waals surface area contributed by atoms with E-state index in [4.69, 9.17) is 0 Å². The highest BCUT2D eigenvalue weighted by molar-refractivity contribution is 7.99. The molecule has 0 atom stereocenters. The van der Waals surface area contributed by atoms with Gasteiger partial charge in [-0.15, -0.1) is 0 Å². The number of hydrogen-bond donors (Lipinski definition) is 2. The first-order chi connectivity index (χ1) is 9.50. The molecule has 0 aromatic heterocycles. The van der Waals surface area contributed by atoms with Crippen molar-refractivity contribution < 1.29 is 18.7 Å². The summed E-state index contributed by atoms with van der Waals surface area (Å²) < 4.78 is 26.8. The highest BCUT2D eigenvalue weighted by Gasteiger charge is 2.29. The first kappa shape index (κ1) is 15.3. The number of rotatable bonds is 4. The van der Waals surface area contributed by atoms with Crippen molar-refractivity contribution >= 4 is 17.7 Å². The maximum Gasteiger partial charge on any atom is 0.224 e. The van der Waals surface area contributed by atoms with E-state index in [0.717, 1.165) is 23.6 Å². The second-order valence-corrected chi connectivity index (χ2v) is 6.22. The molecule has 0 unspecified atom stereocenters. The van der Waals surface area contributed by atoms with Gasteiger partial charge in [0.1, 0.15) is 11.6 Å². The molecule has 110 valence electrons. The largest absolute Gasteiger partial charge is 0.388 e. The molecule has 0 aliphatic carbocycles. The topological polar surface area (TPSA) is 49.3 Å². The maximum absolute atomic E-state index is 13.4. The number of thioether (sulfide) groups is 1. The van der Waals surface area contributed by atoms with Crippen LogP contribution in [0, 0.1) is 11.6 Å². The van der Waals surface area contributed by atoms with Crippen molar-refractivity contribution in [1.82, 2.24) is 5.32 Å². The summed E-state index contributed by atoms with van der Waals surface area (Å²) in [7, 11) is 0. The number of benzene rings is 1. The summed E-state index contributed by atoms with van der Waals surface area (Å²) in [6.45, 7) is 0.127. The molecule has 0 saturated carbocycles. The van der Waals surface area contributed by atoms with Crippen molar-refractivity contribution in [3.8, 4) is 0 Å². The number of aliphatic hydroxyl groups is 1. The van der Waals surface area contributed by atoms with E-state index in [-0.39, 0.29) is 18.5 Å². The normalized spacial score (nSPS) is 17.8. The van der Waals surface area contributed by atoms with Crippen LogP contribution in [0.2, 0.25) is 0 Å². The minimum absolute atomic E-state index is 0.127. The van der Waals surface area contributed by atoms with Crippen molar-refractivity contribution in [2.75, 3.05) is 18.1 Å². The van der Waals surface area contributed by atoms with Gasteiger partial charge in [-0.2, -0.15) is 11.8 Å². The summed E-state index contributed by atoms with van der Waals surface area (Å²) in [5.41, 5.74) is -1.13. The molecule has 1 fully saturated rings. The number of halogens is 2. The molecule has 6 heteroatoms. The molecule has 1 aromatic rings. The Bertz CT molecular complexity index is 470. The van der Waals surface area contributed by atoms with Gasteiger partial charge in [0, 0.05) is 12.1 Å². The second kappa shape index (κ2) is 6.54. The van der Waals surface area contributed by atoms with Crippen LogP contribution in [0.5, 0.6) is 0 Å². The highest BCUT2D eigenvalue weighted by atomic mass is 32.2. The van der Waals surface area contributed by atoms with E-state index in [1.54, 1.807) is 11.8 Å². The van der Waals surface area contributed by atoms with Gasteiger partial charge in [0.15, 0.2) is 0 Å². The van der Waals surface area contributed by atoms with Crippen molar-refractivity contribution in [2.24, 2.45) is 0 Å². The van der Waals surface area contributed by atoms with Crippen LogP contribution < -0.4 is 5.32 Å². The third-order valence-electron chi connectivity index (χ3n) is 3.44. The molecule has 1 heterocycles. The molecular formula is C14H17F2NO2S. The molecule has 1 aromatic carbocycles. The summed E-state index contributed by atoms with van der Waals surface area (Å²) >= 11 is 1.77. The summed E-state index contributed by atoms with van der Waals surface area (Å²) in [6.07, 6.45) is 0.876. The zero-order valence-corrected chi connectivity index (χ0v) is 11.8. The van der Waals surface area contributed by atoms with E-state index in [9.17, 15) is 18.7 Å². The number of carbonyl (C=O) groups excluding carboxylic acids is 1. The van der Waals surface area contributed by atoms with Crippen molar-refractivity contribution in [3.05, 3.63) is 35.4 Å². The molecule has 3 nitrogen and oxygen atoms in total. The third kappa shape index (κ3) is 3.93. The lowest BCUT2D eigenvalue weighted by Gasteiger charge is -2.31. The number of nitrogens with one attached hydrogen (secondary N) is 1. The Hall–Kier alpha value is -1.14. The standard InChI is InChI=1S/C14H17F2NO2S/c15-11-2-1-3-12(16)10(11)8-13(18)17-9-14(19)4-6-20-7-5-14/h1-3,19H,4-9H2,(H,17,18). The summed E-state index contributed by atoms with van der Waals surface area (Å²) in [4.78, 5) is 11.7. The van der Waals surface area contributed by atoms with Gasteiger partial charge in [-0.05, 0) is 36.5 Å². The monoisotopic (exact) mass is 301 g/mol. The maximum atomic E-state index is 13.4. The van der Waals surface area contributed by atoms with E-state index in [1.165, 1.54) is 6.07 Å². The van der Waals surface area contributed by atoms with Crippen LogP contribution in [-0.4, -0.2) is 34.7 Å². The highest BCUT2D eigenvalue weighted by Crippen LogP contribution is 2.26. The van der Waals surface area contributed by atoms with Gasteiger partial charge in [-0.3, -0.25) is 4.79 Å². The number of amides is 1. The zero-order valence-electron chi connectivity index (χ0n) is 11.0. The second-order valence-electron chi connectivity index (χ2n) is 4.99. The van der Waals surface area contributed by atoms with Crippen molar-refractivity contribution in [1.29, 1.82) is 0 Å². The van der Waals surface area contributed by atoms with Crippen LogP contribution in [0.3, 0.4) is 0 Å². The molecule has 1 aliphatic heterocycles. The predicted molar refractivity (Wildman–Crippen MR) is 74.6 cm³/mol. The fourth-order valence-corrected chi connectivity index (χ4v) is 3.37. The summed E-state index contributed by atoms with van der Waals surface area (Å²) in [5, 5.41) is 12.8. The zero-order chi connectivity index (χ0) is 14.6. The molecule has 2 rings (SSSR count). The lowest BCUT2D eigenvalue weighted by Crippen LogP contribution is -2.45. The van der Waals surface area contributed by atoms with Crippen LogP contribution in [0.1, 0.15) is 18.4 Å². The lowest BCUT2D eigenvalue weighted by atomic mass is 9.97. The van der Waals surface area contributed by atoms with Gasteiger partial charge >= 0.3 is 0 Å². The molecule has 1 aliphatic rings. The summed E-state index contributed by atoms with van der Waals surface area (Å²) in [5.74, 6) is -0.232. The fourth-order valence-electron chi connectivity index (χ4n) is 2.12. The van der Waals surface area contributed by atoms with E-state index in [1.807, 2.05) is 0 Å². The average Bonchev–Trinajstić information content (AvgIpc) is 2.42. The van der Waals surface area contributed by atoms with Gasteiger partial charge in [0.25, 0.3) is 0 Å². The van der Waals surface area contributed by atoms with Crippen LogP contribution in [0.25, 0.3) is 0 Å². The quantitative estimate of drug-likeness (QED) is 0.893. The van der Waals surface area contributed by atoms with E-state index in [0.29, 0.717) is 12.8 Å². The Morgan fingerprint density at radius 2 is 1.90 bits per heavy atom. The van der Waals surface area contributed by atoms with E-state index < -0.39 is 23.1 Å². The van der Waals surface area contributed by atoms with Crippen molar-refractivity contribution in [3.63, 3.8) is 0 Å². The van der Waals surface area contributed by atoms with Gasteiger partial charge < -0.3 is 10.4 Å². The Morgan fingerprint density at radius 3 is 2.50 bits per heavy atom. The van der Waals surface area contributed by atoms with Crippen molar-refractivity contribution in [2.45, 2.75) is 24.9 Å².